The van der Waals surface area contributed by atoms with Crippen molar-refractivity contribution < 1.29 is 19.1 Å². The lowest BCUT2D eigenvalue weighted by atomic mass is 9.96. The molecule has 8 nitrogen and oxygen atoms in total. The number of thiophene rings is 1. The molecule has 1 aromatic heterocycles. The monoisotopic (exact) mass is 462 g/mol. The van der Waals surface area contributed by atoms with E-state index >= 15 is 0 Å². The third-order valence-electron chi connectivity index (χ3n) is 5.46. The fraction of sp³-hybridized carbons (Fsp3) is 0.476. The summed E-state index contributed by atoms with van der Waals surface area (Å²) < 4.78 is 10.4. The SMILES string of the molecule is COC(=O)C1=C(C)N=C2SC=C(CC(=O)NCCN3CCOCC3)N2[C@@H]1c1ccsc1. The molecule has 0 unspecified atom stereocenters. The van der Waals surface area contributed by atoms with Crippen LogP contribution in [0.15, 0.2) is 44.2 Å². The number of amidine groups is 1. The van der Waals surface area contributed by atoms with Gasteiger partial charge in [-0.25, -0.2) is 9.79 Å². The Morgan fingerprint density at radius 1 is 1.35 bits per heavy atom. The number of hydrogen-bond donors (Lipinski definition) is 1. The molecule has 1 atom stereocenters. The van der Waals surface area contributed by atoms with Crippen molar-refractivity contribution in [3.63, 3.8) is 0 Å². The van der Waals surface area contributed by atoms with Crippen LogP contribution in [-0.2, 0) is 19.1 Å². The van der Waals surface area contributed by atoms with E-state index in [2.05, 4.69) is 15.2 Å². The number of nitrogens with zero attached hydrogens (tertiary/aromatic N) is 3. The van der Waals surface area contributed by atoms with Gasteiger partial charge in [-0.2, -0.15) is 11.3 Å². The van der Waals surface area contributed by atoms with E-state index in [-0.39, 0.29) is 18.4 Å². The van der Waals surface area contributed by atoms with Crippen molar-refractivity contribution in [2.75, 3.05) is 46.5 Å². The maximum atomic E-state index is 12.7. The van der Waals surface area contributed by atoms with Gasteiger partial charge in [-0.15, -0.1) is 0 Å². The van der Waals surface area contributed by atoms with Crippen LogP contribution in [0.1, 0.15) is 24.9 Å². The second kappa shape index (κ2) is 9.99. The van der Waals surface area contributed by atoms with Gasteiger partial charge in [0, 0.05) is 31.9 Å². The lowest BCUT2D eigenvalue weighted by molar-refractivity contribution is -0.136. The van der Waals surface area contributed by atoms with E-state index in [4.69, 9.17) is 9.47 Å². The summed E-state index contributed by atoms with van der Waals surface area (Å²) in [7, 11) is 1.38. The summed E-state index contributed by atoms with van der Waals surface area (Å²) in [6.45, 7) is 6.52. The Bertz CT molecular complexity index is 920. The number of ether oxygens (including phenoxy) is 2. The minimum absolute atomic E-state index is 0.0451. The summed E-state index contributed by atoms with van der Waals surface area (Å²) in [5.41, 5.74) is 2.97. The molecule has 4 heterocycles. The maximum Gasteiger partial charge on any atom is 0.338 e. The predicted molar refractivity (Wildman–Crippen MR) is 122 cm³/mol. The first-order valence-corrected chi connectivity index (χ1v) is 12.0. The molecule has 0 aromatic carbocycles. The molecule has 0 radical (unpaired) electrons. The summed E-state index contributed by atoms with van der Waals surface area (Å²) in [6.07, 6.45) is 0.225. The van der Waals surface area contributed by atoms with Gasteiger partial charge in [0.05, 0.1) is 44.1 Å². The molecular weight excluding hydrogens is 436 g/mol. The quantitative estimate of drug-likeness (QED) is 0.623. The summed E-state index contributed by atoms with van der Waals surface area (Å²) >= 11 is 3.05. The Labute approximate surface area is 190 Å². The van der Waals surface area contributed by atoms with Gasteiger partial charge >= 0.3 is 5.97 Å². The fourth-order valence-corrected chi connectivity index (χ4v) is 5.54. The number of allylic oxidation sites excluding steroid dienone is 1. The molecule has 31 heavy (non-hydrogen) atoms. The van der Waals surface area contributed by atoms with Crippen LogP contribution in [0.2, 0.25) is 0 Å². The lowest BCUT2D eigenvalue weighted by Gasteiger charge is -2.35. The number of aliphatic imine (C=N–C) groups is 1. The average Bonchev–Trinajstić information content (AvgIpc) is 3.44. The van der Waals surface area contributed by atoms with Gasteiger partial charge in [-0.3, -0.25) is 9.69 Å². The molecule has 1 aromatic rings. The van der Waals surface area contributed by atoms with Crippen LogP contribution in [-0.4, -0.2) is 73.3 Å². The molecule has 166 valence electrons. The summed E-state index contributed by atoms with van der Waals surface area (Å²) in [4.78, 5) is 34.2. The Hall–Kier alpha value is -2.14. The van der Waals surface area contributed by atoms with Crippen molar-refractivity contribution in [2.45, 2.75) is 19.4 Å². The number of amides is 1. The first kappa shape index (κ1) is 22.1. The summed E-state index contributed by atoms with van der Waals surface area (Å²) in [6, 6.07) is 1.64. The van der Waals surface area contributed by atoms with Crippen LogP contribution in [0.4, 0.5) is 0 Å². The second-order valence-electron chi connectivity index (χ2n) is 7.42. The van der Waals surface area contributed by atoms with E-state index in [0.29, 0.717) is 17.8 Å². The van der Waals surface area contributed by atoms with E-state index < -0.39 is 5.97 Å². The third-order valence-corrected chi connectivity index (χ3v) is 7.05. The van der Waals surface area contributed by atoms with Crippen LogP contribution in [0.5, 0.6) is 0 Å². The van der Waals surface area contributed by atoms with Crippen LogP contribution in [0.25, 0.3) is 0 Å². The van der Waals surface area contributed by atoms with Crippen molar-refractivity contribution >= 4 is 40.1 Å². The Balaban J connectivity index is 1.46. The summed E-state index contributed by atoms with van der Waals surface area (Å²) in [5, 5.41) is 9.75. The van der Waals surface area contributed by atoms with Crippen LogP contribution in [0.3, 0.4) is 0 Å². The molecule has 0 saturated carbocycles. The highest BCUT2D eigenvalue weighted by molar-refractivity contribution is 8.16. The molecule has 0 bridgehead atoms. The van der Waals surface area contributed by atoms with Crippen molar-refractivity contribution in [1.29, 1.82) is 0 Å². The van der Waals surface area contributed by atoms with E-state index in [1.54, 1.807) is 11.3 Å². The van der Waals surface area contributed by atoms with E-state index in [0.717, 1.165) is 49.3 Å². The average molecular weight is 463 g/mol. The fourth-order valence-electron chi connectivity index (χ4n) is 3.89. The summed E-state index contributed by atoms with van der Waals surface area (Å²) in [5.74, 6) is -0.445. The Morgan fingerprint density at radius 3 is 2.87 bits per heavy atom. The van der Waals surface area contributed by atoms with Crippen molar-refractivity contribution in [3.05, 3.63) is 44.8 Å². The number of carbonyl (C=O) groups is 2. The first-order chi connectivity index (χ1) is 15.1. The van der Waals surface area contributed by atoms with E-state index in [1.165, 1.54) is 18.9 Å². The molecule has 1 N–H and O–H groups in total. The molecule has 0 aliphatic carbocycles. The molecule has 4 rings (SSSR count). The predicted octanol–water partition coefficient (Wildman–Crippen LogP) is 2.33. The number of carbonyl (C=O) groups excluding carboxylic acids is 2. The number of esters is 1. The number of fused-ring (bicyclic) bond motifs is 1. The number of rotatable bonds is 7. The number of methoxy groups -OCH3 is 1. The lowest BCUT2D eigenvalue weighted by Crippen LogP contribution is -2.42. The number of nitrogens with one attached hydrogen (secondary N) is 1. The highest BCUT2D eigenvalue weighted by Gasteiger charge is 2.41. The van der Waals surface area contributed by atoms with E-state index in [1.807, 2.05) is 34.1 Å². The van der Waals surface area contributed by atoms with Crippen molar-refractivity contribution in [3.8, 4) is 0 Å². The zero-order chi connectivity index (χ0) is 21.8. The molecule has 10 heteroatoms. The van der Waals surface area contributed by atoms with Crippen molar-refractivity contribution in [2.24, 2.45) is 4.99 Å². The normalized spacial score (nSPS) is 21.5. The maximum absolute atomic E-state index is 12.7. The number of thioether (sulfide) groups is 1. The van der Waals surface area contributed by atoms with Gasteiger partial charge in [0.1, 0.15) is 0 Å². The van der Waals surface area contributed by atoms with Crippen molar-refractivity contribution in [1.82, 2.24) is 15.1 Å². The molecule has 1 amide bonds. The standard InChI is InChI=1S/C21H26N4O4S2/c1-14-18(20(27)28-2)19(15-3-10-30-12-15)25-16(13-31-21(25)23-14)11-17(26)22-4-5-24-6-8-29-9-7-24/h3,10,12-13,19H,4-9,11H2,1-2H3,(H,22,26)/t19-/m1/s1. The minimum Gasteiger partial charge on any atom is -0.466 e. The zero-order valence-corrected chi connectivity index (χ0v) is 19.3. The highest BCUT2D eigenvalue weighted by Crippen LogP contribution is 2.45. The molecule has 3 aliphatic heterocycles. The minimum atomic E-state index is -0.400. The molecular formula is C21H26N4O4S2. The van der Waals surface area contributed by atoms with Gasteiger partial charge in [0.2, 0.25) is 5.91 Å². The number of morpholine rings is 1. The second-order valence-corrected chi connectivity index (χ2v) is 9.04. The van der Waals surface area contributed by atoms with Gasteiger partial charge in [-0.1, -0.05) is 11.8 Å². The third kappa shape index (κ3) is 4.87. The largest absolute Gasteiger partial charge is 0.466 e. The Kier molecular flexibility index (Phi) is 7.11. The molecule has 0 spiro atoms. The zero-order valence-electron chi connectivity index (χ0n) is 17.6. The van der Waals surface area contributed by atoms with Gasteiger partial charge in [-0.05, 0) is 34.7 Å². The van der Waals surface area contributed by atoms with E-state index in [9.17, 15) is 9.59 Å². The van der Waals surface area contributed by atoms with Gasteiger partial charge in [0.25, 0.3) is 0 Å². The van der Waals surface area contributed by atoms with Gasteiger partial charge in [0.15, 0.2) is 5.17 Å². The molecule has 3 aliphatic rings. The topological polar surface area (TPSA) is 83.5 Å². The first-order valence-electron chi connectivity index (χ1n) is 10.2. The van der Waals surface area contributed by atoms with Gasteiger partial charge < -0.3 is 19.7 Å². The van der Waals surface area contributed by atoms with Crippen LogP contribution < -0.4 is 5.32 Å². The molecule has 1 saturated heterocycles. The Morgan fingerprint density at radius 2 is 2.16 bits per heavy atom. The van der Waals surface area contributed by atoms with Crippen LogP contribution >= 0.6 is 23.1 Å². The molecule has 1 fully saturated rings. The number of hydrogen-bond acceptors (Lipinski definition) is 9. The van der Waals surface area contributed by atoms with Crippen LogP contribution in [0, 0.1) is 0 Å². The smallest absolute Gasteiger partial charge is 0.338 e. The highest BCUT2D eigenvalue weighted by atomic mass is 32.2.